The molecule has 0 spiro atoms. The number of halogens is 1. The lowest BCUT2D eigenvalue weighted by atomic mass is 10.1. The number of Topliss-reactive ketones (excluding diaryl/α,β-unsaturated/α-hetero) is 1. The van der Waals surface area contributed by atoms with Gasteiger partial charge >= 0.3 is 0 Å². The Morgan fingerprint density at radius 3 is 2.75 bits per heavy atom. The summed E-state index contributed by atoms with van der Waals surface area (Å²) in [6.07, 6.45) is 5.71. The molecule has 0 saturated heterocycles. The summed E-state index contributed by atoms with van der Waals surface area (Å²) in [5.74, 6) is -1.04. The number of carbonyl (C=O) groups is 2. The first-order valence-corrected chi connectivity index (χ1v) is 7.15. The zero-order valence-corrected chi connectivity index (χ0v) is 11.7. The highest BCUT2D eigenvalue weighted by Gasteiger charge is 2.24. The molecule has 0 atom stereocenters. The summed E-state index contributed by atoms with van der Waals surface area (Å²) < 4.78 is 0. The molecular weight excluding hydrogens is 276 g/mol. The van der Waals surface area contributed by atoms with Gasteiger partial charge in [0, 0.05) is 28.2 Å². The van der Waals surface area contributed by atoms with Gasteiger partial charge in [0.25, 0.3) is 11.7 Å². The van der Waals surface area contributed by atoms with Crippen LogP contribution in [0.15, 0.2) is 24.4 Å². The molecule has 5 heteroatoms. The molecule has 1 aromatic carbocycles. The van der Waals surface area contributed by atoms with E-state index in [0.29, 0.717) is 16.0 Å². The van der Waals surface area contributed by atoms with Crippen molar-refractivity contribution in [2.75, 3.05) is 0 Å². The summed E-state index contributed by atoms with van der Waals surface area (Å²) in [7, 11) is 0. The van der Waals surface area contributed by atoms with Gasteiger partial charge in [0.1, 0.15) is 0 Å². The van der Waals surface area contributed by atoms with Gasteiger partial charge in [0.05, 0.1) is 5.56 Å². The fourth-order valence-corrected chi connectivity index (χ4v) is 2.90. The molecule has 0 bridgehead atoms. The van der Waals surface area contributed by atoms with E-state index in [1.165, 1.54) is 0 Å². The maximum atomic E-state index is 12.2. The van der Waals surface area contributed by atoms with Gasteiger partial charge in [-0.2, -0.15) is 0 Å². The van der Waals surface area contributed by atoms with Crippen LogP contribution < -0.4 is 5.32 Å². The number of benzene rings is 1. The highest BCUT2D eigenvalue weighted by molar-refractivity contribution is 6.45. The van der Waals surface area contributed by atoms with Crippen molar-refractivity contribution in [3.8, 4) is 0 Å². The Kier molecular flexibility index (Phi) is 3.49. The number of aromatic nitrogens is 1. The highest BCUT2D eigenvalue weighted by atomic mass is 35.5. The summed E-state index contributed by atoms with van der Waals surface area (Å²) in [6.45, 7) is 0. The Hall–Kier alpha value is -1.81. The Morgan fingerprint density at radius 2 is 2.00 bits per heavy atom. The summed E-state index contributed by atoms with van der Waals surface area (Å²) in [5, 5.41) is 4.04. The Labute approximate surface area is 121 Å². The normalized spacial score (nSPS) is 15.7. The first-order chi connectivity index (χ1) is 9.65. The second-order valence-electron chi connectivity index (χ2n) is 5.18. The highest BCUT2D eigenvalue weighted by Crippen LogP contribution is 2.23. The largest absolute Gasteiger partial charge is 0.360 e. The van der Waals surface area contributed by atoms with Gasteiger partial charge in [-0.15, -0.1) is 0 Å². The number of amides is 1. The molecule has 3 rings (SSSR count). The van der Waals surface area contributed by atoms with Gasteiger partial charge in [-0.05, 0) is 31.0 Å². The van der Waals surface area contributed by atoms with Gasteiger partial charge in [-0.3, -0.25) is 9.59 Å². The van der Waals surface area contributed by atoms with Crippen LogP contribution in [0.5, 0.6) is 0 Å². The molecule has 0 unspecified atom stereocenters. The number of ketones is 1. The molecule has 0 radical (unpaired) electrons. The van der Waals surface area contributed by atoms with Gasteiger partial charge in [-0.1, -0.05) is 24.4 Å². The number of H-pyrrole nitrogens is 1. The Bertz CT molecular complexity index is 672. The Morgan fingerprint density at radius 1 is 1.25 bits per heavy atom. The summed E-state index contributed by atoms with van der Waals surface area (Å²) >= 11 is 5.94. The first-order valence-electron chi connectivity index (χ1n) is 6.77. The van der Waals surface area contributed by atoms with Crippen molar-refractivity contribution < 1.29 is 9.59 Å². The van der Waals surface area contributed by atoms with E-state index in [9.17, 15) is 9.59 Å². The lowest BCUT2D eigenvalue weighted by Crippen LogP contribution is -2.37. The lowest BCUT2D eigenvalue weighted by molar-refractivity contribution is -0.117. The monoisotopic (exact) mass is 290 g/mol. The van der Waals surface area contributed by atoms with E-state index >= 15 is 0 Å². The van der Waals surface area contributed by atoms with Crippen molar-refractivity contribution in [1.82, 2.24) is 10.3 Å². The number of carbonyl (C=O) groups excluding carboxylic acids is 2. The smallest absolute Gasteiger partial charge is 0.292 e. The number of hydrogen-bond acceptors (Lipinski definition) is 2. The van der Waals surface area contributed by atoms with Crippen molar-refractivity contribution in [3.05, 3.63) is 35.0 Å². The molecule has 1 heterocycles. The van der Waals surface area contributed by atoms with Crippen molar-refractivity contribution in [1.29, 1.82) is 0 Å². The summed E-state index contributed by atoms with van der Waals surface area (Å²) in [6, 6.07) is 5.38. The third-order valence-corrected chi connectivity index (χ3v) is 4.02. The predicted octanol–water partition coefficient (Wildman–Crippen LogP) is 3.06. The standard InChI is InChI=1S/C15H15ClN2O2/c16-9-5-6-13-11(7-9)12(8-17-13)14(19)15(20)18-10-3-1-2-4-10/h5-8,10,17H,1-4H2,(H,18,20). The molecule has 1 aliphatic carbocycles. The second-order valence-corrected chi connectivity index (χ2v) is 5.61. The van der Waals surface area contributed by atoms with E-state index in [1.807, 2.05) is 0 Å². The van der Waals surface area contributed by atoms with Crippen LogP contribution in [-0.4, -0.2) is 22.7 Å². The van der Waals surface area contributed by atoms with Crippen LogP contribution in [0.2, 0.25) is 5.02 Å². The van der Waals surface area contributed by atoms with E-state index in [-0.39, 0.29) is 6.04 Å². The maximum absolute atomic E-state index is 12.2. The minimum Gasteiger partial charge on any atom is -0.360 e. The number of hydrogen-bond donors (Lipinski definition) is 2. The molecule has 1 fully saturated rings. The van der Waals surface area contributed by atoms with Gasteiger partial charge in [-0.25, -0.2) is 0 Å². The minimum atomic E-state index is -0.530. The molecule has 2 N–H and O–H groups in total. The molecule has 1 amide bonds. The number of fused-ring (bicyclic) bond motifs is 1. The Balaban J connectivity index is 1.84. The van der Waals surface area contributed by atoms with Gasteiger partial charge < -0.3 is 10.3 Å². The molecule has 1 aromatic heterocycles. The van der Waals surface area contributed by atoms with Crippen LogP contribution in [0.3, 0.4) is 0 Å². The van der Waals surface area contributed by atoms with E-state index in [0.717, 1.165) is 31.2 Å². The predicted molar refractivity (Wildman–Crippen MR) is 78.0 cm³/mol. The lowest BCUT2D eigenvalue weighted by Gasteiger charge is -2.10. The molecule has 1 aliphatic rings. The van der Waals surface area contributed by atoms with Crippen molar-refractivity contribution in [2.45, 2.75) is 31.7 Å². The fraction of sp³-hybridized carbons (Fsp3) is 0.333. The molecule has 0 aliphatic heterocycles. The molecule has 1 saturated carbocycles. The summed E-state index contributed by atoms with van der Waals surface area (Å²) in [4.78, 5) is 27.2. The van der Waals surface area contributed by atoms with Crippen LogP contribution in [0.4, 0.5) is 0 Å². The van der Waals surface area contributed by atoms with Crippen molar-refractivity contribution in [2.24, 2.45) is 0 Å². The zero-order valence-electron chi connectivity index (χ0n) is 10.9. The SMILES string of the molecule is O=C(NC1CCCC1)C(=O)c1c[nH]c2ccc(Cl)cc12. The zero-order chi connectivity index (χ0) is 14.1. The third-order valence-electron chi connectivity index (χ3n) is 3.79. The molecule has 104 valence electrons. The van der Waals surface area contributed by atoms with Crippen molar-refractivity contribution >= 4 is 34.2 Å². The molecule has 4 nitrogen and oxygen atoms in total. The fourth-order valence-electron chi connectivity index (χ4n) is 2.72. The average Bonchev–Trinajstić information content (AvgIpc) is 3.06. The van der Waals surface area contributed by atoms with Gasteiger partial charge in [0.15, 0.2) is 0 Å². The number of nitrogens with one attached hydrogen (secondary N) is 2. The van der Waals surface area contributed by atoms with E-state index in [4.69, 9.17) is 11.6 Å². The number of aromatic amines is 1. The maximum Gasteiger partial charge on any atom is 0.292 e. The van der Waals surface area contributed by atoms with Crippen LogP contribution in [0.1, 0.15) is 36.0 Å². The summed E-state index contributed by atoms with van der Waals surface area (Å²) in [5.41, 5.74) is 1.17. The first kappa shape index (κ1) is 13.2. The third kappa shape index (κ3) is 2.43. The van der Waals surface area contributed by atoms with Crippen LogP contribution in [0, 0.1) is 0 Å². The van der Waals surface area contributed by atoms with E-state index < -0.39 is 11.7 Å². The molecule has 2 aromatic rings. The molecular formula is C15H15ClN2O2. The van der Waals surface area contributed by atoms with Crippen LogP contribution in [-0.2, 0) is 4.79 Å². The minimum absolute atomic E-state index is 0.139. The van der Waals surface area contributed by atoms with E-state index in [1.54, 1.807) is 24.4 Å². The average molecular weight is 291 g/mol. The topological polar surface area (TPSA) is 62.0 Å². The van der Waals surface area contributed by atoms with Crippen molar-refractivity contribution in [3.63, 3.8) is 0 Å². The van der Waals surface area contributed by atoms with Crippen LogP contribution in [0.25, 0.3) is 10.9 Å². The number of rotatable bonds is 3. The van der Waals surface area contributed by atoms with Gasteiger partial charge in [0.2, 0.25) is 0 Å². The van der Waals surface area contributed by atoms with E-state index in [2.05, 4.69) is 10.3 Å². The van der Waals surface area contributed by atoms with Crippen LogP contribution >= 0.6 is 11.6 Å². The molecule has 20 heavy (non-hydrogen) atoms. The second kappa shape index (κ2) is 5.29. The quantitative estimate of drug-likeness (QED) is 0.674.